The molecule has 5 rings (SSSR count). The van der Waals surface area contributed by atoms with Crippen LogP contribution in [0.1, 0.15) is 21.0 Å². The zero-order valence-corrected chi connectivity index (χ0v) is 18.3. The van der Waals surface area contributed by atoms with E-state index in [9.17, 15) is 14.4 Å². The van der Waals surface area contributed by atoms with Gasteiger partial charge in [0.25, 0.3) is 11.8 Å². The Labute approximate surface area is 196 Å². The number of aryl methyl sites for hydroxylation is 1. The number of aromatic nitrogens is 3. The molecule has 2 aromatic carbocycles. The van der Waals surface area contributed by atoms with E-state index in [2.05, 4.69) is 25.3 Å². The van der Waals surface area contributed by atoms with Crippen molar-refractivity contribution in [3.63, 3.8) is 0 Å². The van der Waals surface area contributed by atoms with Gasteiger partial charge in [-0.25, -0.2) is 4.79 Å². The number of anilines is 2. The lowest BCUT2D eigenvalue weighted by Gasteiger charge is -2.10. The highest BCUT2D eigenvalue weighted by Crippen LogP contribution is 2.29. The van der Waals surface area contributed by atoms with E-state index in [4.69, 9.17) is 16.0 Å². The van der Waals surface area contributed by atoms with Crippen LogP contribution < -0.4 is 16.4 Å². The van der Waals surface area contributed by atoms with E-state index < -0.39 is 11.7 Å². The van der Waals surface area contributed by atoms with Crippen molar-refractivity contribution < 1.29 is 18.5 Å². The van der Waals surface area contributed by atoms with E-state index in [1.54, 1.807) is 66.2 Å². The van der Waals surface area contributed by atoms with Crippen LogP contribution in [-0.2, 0) is 7.05 Å². The minimum absolute atomic E-state index is 0.136. The summed E-state index contributed by atoms with van der Waals surface area (Å²) in [5.74, 6) is -1.17. The predicted octanol–water partition coefficient (Wildman–Crippen LogP) is 4.27. The van der Waals surface area contributed by atoms with Crippen LogP contribution in [0.5, 0.6) is 0 Å². The number of hydrogen-bond donors (Lipinski definition) is 3. The normalized spacial score (nSPS) is 11.0. The summed E-state index contributed by atoms with van der Waals surface area (Å²) in [5.41, 5.74) is 2.44. The molecule has 0 spiro atoms. The highest BCUT2D eigenvalue weighted by molar-refractivity contribution is 6.31. The van der Waals surface area contributed by atoms with Crippen LogP contribution in [0.4, 0.5) is 11.4 Å². The number of carbonyl (C=O) groups excluding carboxylic acids is 2. The second-order valence-corrected chi connectivity index (χ2v) is 7.82. The molecule has 0 aliphatic carbocycles. The van der Waals surface area contributed by atoms with Crippen LogP contribution in [0, 0.1) is 0 Å². The molecule has 0 radical (unpaired) electrons. The zero-order valence-electron chi connectivity index (χ0n) is 17.6. The number of hydrogen-bond acceptors (Lipinski definition) is 6. The minimum Gasteiger partial charge on any atom is -0.459 e. The van der Waals surface area contributed by atoms with Crippen molar-refractivity contribution in [3.8, 4) is 11.4 Å². The highest BCUT2D eigenvalue weighted by Gasteiger charge is 2.18. The van der Waals surface area contributed by atoms with Crippen molar-refractivity contribution >= 4 is 45.7 Å². The molecule has 0 bridgehead atoms. The maximum atomic E-state index is 13.1. The molecule has 11 heteroatoms. The number of carbonyl (C=O) groups is 2. The van der Waals surface area contributed by atoms with Gasteiger partial charge in [-0.05, 0) is 48.5 Å². The van der Waals surface area contributed by atoms with Crippen molar-refractivity contribution in [1.29, 1.82) is 0 Å². The Morgan fingerprint density at radius 2 is 1.91 bits per heavy atom. The minimum atomic E-state index is -0.726. The molecule has 0 unspecified atom stereocenters. The molecule has 2 amide bonds. The first-order valence-corrected chi connectivity index (χ1v) is 10.4. The van der Waals surface area contributed by atoms with Crippen LogP contribution in [-0.4, -0.2) is 26.5 Å². The van der Waals surface area contributed by atoms with Gasteiger partial charge in [0.1, 0.15) is 5.69 Å². The first-order chi connectivity index (χ1) is 16.4. The fourth-order valence-corrected chi connectivity index (χ4v) is 3.75. The van der Waals surface area contributed by atoms with Gasteiger partial charge in [0.05, 0.1) is 17.5 Å². The number of amides is 2. The van der Waals surface area contributed by atoms with E-state index in [0.29, 0.717) is 27.7 Å². The summed E-state index contributed by atoms with van der Waals surface area (Å²) in [6.45, 7) is 0. The molecule has 0 saturated carbocycles. The Morgan fingerprint density at radius 1 is 1.06 bits per heavy atom. The summed E-state index contributed by atoms with van der Waals surface area (Å²) in [6.07, 6.45) is 1.42. The van der Waals surface area contributed by atoms with Gasteiger partial charge in [-0.1, -0.05) is 22.8 Å². The van der Waals surface area contributed by atoms with Gasteiger partial charge >= 0.3 is 5.76 Å². The maximum absolute atomic E-state index is 13.1. The summed E-state index contributed by atoms with van der Waals surface area (Å²) in [6, 6.07) is 15.0. The van der Waals surface area contributed by atoms with Crippen LogP contribution in [0.15, 0.2) is 74.6 Å². The quantitative estimate of drug-likeness (QED) is 0.346. The molecule has 170 valence electrons. The lowest BCUT2D eigenvalue weighted by Crippen LogP contribution is -2.16. The van der Waals surface area contributed by atoms with Crippen molar-refractivity contribution in [2.45, 2.75) is 0 Å². The average molecular weight is 478 g/mol. The predicted molar refractivity (Wildman–Crippen MR) is 125 cm³/mol. The first kappa shape index (κ1) is 21.3. The van der Waals surface area contributed by atoms with E-state index >= 15 is 0 Å². The number of fused-ring (bicyclic) bond motifs is 1. The standard InChI is InChI=1S/C23H16ClN5O5/c1-29-17-11-14(25-22(31)19-3-2-8-33-19)6-4-12(17)9-18(29)21(30)26-16-7-5-13(24)10-15(16)20-27-23(32)34-28-20/h2-11H,1H3,(H,25,31)(H,26,30)(H,27,28,32). The van der Waals surface area contributed by atoms with Gasteiger partial charge in [-0.15, -0.1) is 0 Å². The molecule has 3 aromatic heterocycles. The SMILES string of the molecule is Cn1c(C(=O)Nc2ccc(Cl)cc2-c2noc(=O)[nH]2)cc2ccc(NC(=O)c3ccco3)cc21. The zero-order chi connectivity index (χ0) is 23.8. The average Bonchev–Trinajstić information content (AvgIpc) is 3.56. The Balaban J connectivity index is 1.44. The molecule has 34 heavy (non-hydrogen) atoms. The van der Waals surface area contributed by atoms with Gasteiger partial charge < -0.3 is 19.6 Å². The first-order valence-electron chi connectivity index (χ1n) is 10.0. The van der Waals surface area contributed by atoms with Crippen LogP contribution in [0.3, 0.4) is 0 Å². The second-order valence-electron chi connectivity index (χ2n) is 7.38. The lowest BCUT2D eigenvalue weighted by molar-refractivity contribution is 0.0994. The summed E-state index contributed by atoms with van der Waals surface area (Å²) < 4.78 is 11.4. The van der Waals surface area contributed by atoms with E-state index in [1.165, 1.54) is 6.26 Å². The molecule has 0 aliphatic rings. The summed E-state index contributed by atoms with van der Waals surface area (Å²) in [4.78, 5) is 39.2. The molecule has 10 nitrogen and oxygen atoms in total. The smallest absolute Gasteiger partial charge is 0.439 e. The van der Waals surface area contributed by atoms with Crippen LogP contribution in [0.2, 0.25) is 5.02 Å². The largest absolute Gasteiger partial charge is 0.459 e. The fourth-order valence-electron chi connectivity index (χ4n) is 3.58. The van der Waals surface area contributed by atoms with Gasteiger partial charge in [0, 0.05) is 28.7 Å². The second kappa shape index (κ2) is 8.41. The van der Waals surface area contributed by atoms with Crippen LogP contribution >= 0.6 is 11.6 Å². The molecule has 3 heterocycles. The van der Waals surface area contributed by atoms with E-state index in [-0.39, 0.29) is 17.5 Å². The monoisotopic (exact) mass is 477 g/mol. The maximum Gasteiger partial charge on any atom is 0.439 e. The molecule has 0 aliphatic heterocycles. The number of nitrogens with one attached hydrogen (secondary N) is 3. The fraction of sp³-hybridized carbons (Fsp3) is 0.0435. The molecule has 0 saturated heterocycles. The number of benzene rings is 2. The molecule has 5 aromatic rings. The van der Waals surface area contributed by atoms with Crippen molar-refractivity contribution in [2.75, 3.05) is 10.6 Å². The third kappa shape index (κ3) is 3.97. The number of halogens is 1. The Kier molecular flexibility index (Phi) is 5.27. The Bertz CT molecular complexity index is 1600. The number of furan rings is 1. The highest BCUT2D eigenvalue weighted by atomic mass is 35.5. The topological polar surface area (TPSA) is 135 Å². The third-order valence-corrected chi connectivity index (χ3v) is 5.44. The number of aromatic amines is 1. The number of nitrogens with zero attached hydrogens (tertiary/aromatic N) is 2. The molecule has 0 fully saturated rings. The molecular weight excluding hydrogens is 462 g/mol. The van der Waals surface area contributed by atoms with Gasteiger partial charge in [-0.3, -0.25) is 19.1 Å². The van der Waals surface area contributed by atoms with Crippen LogP contribution in [0.25, 0.3) is 22.3 Å². The summed E-state index contributed by atoms with van der Waals surface area (Å²) >= 11 is 6.09. The Morgan fingerprint density at radius 3 is 2.65 bits per heavy atom. The van der Waals surface area contributed by atoms with Crippen molar-refractivity contribution in [3.05, 3.63) is 87.9 Å². The number of H-pyrrole nitrogens is 1. The van der Waals surface area contributed by atoms with E-state index in [0.717, 1.165) is 10.9 Å². The van der Waals surface area contributed by atoms with Gasteiger partial charge in [-0.2, -0.15) is 0 Å². The van der Waals surface area contributed by atoms with Gasteiger partial charge in [0.2, 0.25) is 0 Å². The number of rotatable bonds is 5. The molecule has 0 atom stereocenters. The molecule has 3 N–H and O–H groups in total. The van der Waals surface area contributed by atoms with Crippen molar-refractivity contribution in [1.82, 2.24) is 14.7 Å². The lowest BCUT2D eigenvalue weighted by atomic mass is 10.1. The van der Waals surface area contributed by atoms with Crippen molar-refractivity contribution in [2.24, 2.45) is 7.05 Å². The van der Waals surface area contributed by atoms with Gasteiger partial charge in [0.15, 0.2) is 11.6 Å². The summed E-state index contributed by atoms with van der Waals surface area (Å²) in [7, 11) is 1.74. The third-order valence-electron chi connectivity index (χ3n) is 5.21. The molecular formula is C23H16ClN5O5. The Hall–Kier alpha value is -4.57. The van der Waals surface area contributed by atoms with E-state index in [1.807, 2.05) is 0 Å². The summed E-state index contributed by atoms with van der Waals surface area (Å²) in [5, 5.41) is 10.5.